The highest BCUT2D eigenvalue weighted by molar-refractivity contribution is 7.06. The third kappa shape index (κ3) is 5.88. The number of benzene rings is 2. The molecule has 0 saturated heterocycles. The lowest BCUT2D eigenvalue weighted by atomic mass is 9.96. The lowest BCUT2D eigenvalue weighted by molar-refractivity contribution is -0.274. The summed E-state index contributed by atoms with van der Waals surface area (Å²) in [7, 11) is 0. The van der Waals surface area contributed by atoms with Crippen LogP contribution in [-0.2, 0) is 6.18 Å². The molecular weight excluding hydrogens is 505 g/mol. The normalized spacial score (nSPS) is 16.3. The van der Waals surface area contributed by atoms with Crippen LogP contribution in [0.15, 0.2) is 59.7 Å². The molecule has 14 heteroatoms. The highest BCUT2D eigenvalue weighted by Gasteiger charge is 2.38. The molecule has 2 amide bonds. The van der Waals surface area contributed by atoms with E-state index in [0.717, 1.165) is 35.3 Å². The van der Waals surface area contributed by atoms with Crippen LogP contribution < -0.4 is 10.1 Å². The second-order valence-corrected chi connectivity index (χ2v) is 8.08. The zero-order valence-electron chi connectivity index (χ0n) is 17.2. The zero-order valence-corrected chi connectivity index (χ0v) is 18.0. The summed E-state index contributed by atoms with van der Waals surface area (Å²) in [5.74, 6) is -1.80. The fourth-order valence-corrected chi connectivity index (χ4v) is 4.09. The number of hydrogen-bond acceptors (Lipinski definition) is 5. The average Bonchev–Trinajstić information content (AvgIpc) is 3.42. The van der Waals surface area contributed by atoms with Crippen LogP contribution in [0.25, 0.3) is 0 Å². The summed E-state index contributed by atoms with van der Waals surface area (Å²) < 4.78 is 96.6. The topological polar surface area (TPSA) is 66.8 Å². The monoisotopic (exact) mass is 518 g/mol. The molecule has 4 rings (SSSR count). The Morgan fingerprint density at radius 1 is 1.03 bits per heavy atom. The van der Waals surface area contributed by atoms with E-state index in [9.17, 15) is 35.5 Å². The van der Waals surface area contributed by atoms with Gasteiger partial charge in [-0.05, 0) is 59.6 Å². The highest BCUT2D eigenvalue weighted by atomic mass is 32.1. The number of nitrogens with one attached hydrogen (secondary N) is 1. The van der Waals surface area contributed by atoms with Crippen molar-refractivity contribution in [2.75, 3.05) is 11.9 Å². The van der Waals surface area contributed by atoms with Crippen LogP contribution in [0.5, 0.6) is 5.75 Å². The predicted octanol–water partition coefficient (Wildman–Crippen LogP) is 6.24. The fraction of sp³-hybridized carbons (Fsp3) is 0.190. The molecule has 1 aromatic heterocycles. The number of carbonyl (C=O) groups is 1. The van der Waals surface area contributed by atoms with Crippen molar-refractivity contribution in [3.63, 3.8) is 0 Å². The number of hydrazone groups is 1. The first kappa shape index (κ1) is 24.4. The Bertz CT molecular complexity index is 1240. The first-order valence-corrected chi connectivity index (χ1v) is 10.5. The van der Waals surface area contributed by atoms with Crippen LogP contribution in [-0.4, -0.2) is 34.0 Å². The van der Waals surface area contributed by atoms with Crippen molar-refractivity contribution >= 4 is 29.0 Å². The number of alkyl halides is 6. The molecule has 184 valence electrons. The van der Waals surface area contributed by atoms with Gasteiger partial charge in [-0.15, -0.1) is 13.2 Å². The van der Waals surface area contributed by atoms with Crippen molar-refractivity contribution in [1.29, 1.82) is 0 Å². The summed E-state index contributed by atoms with van der Waals surface area (Å²) in [6.45, 7) is -0.146. The largest absolute Gasteiger partial charge is 0.573 e. The number of carbonyl (C=O) groups excluding carboxylic acids is 1. The fourth-order valence-electron chi connectivity index (χ4n) is 3.25. The molecule has 2 aromatic carbocycles. The van der Waals surface area contributed by atoms with Crippen molar-refractivity contribution in [1.82, 2.24) is 9.38 Å². The van der Waals surface area contributed by atoms with E-state index in [1.165, 1.54) is 24.3 Å². The van der Waals surface area contributed by atoms with Gasteiger partial charge < -0.3 is 10.1 Å². The standard InChI is InChI=1S/C21H13F7N4O2S/c22-12-3-1-11(2-4-12)18-15(16-9-17(31-35-16)20(23,24)25)10-32(30-18)19(33)29-13-5-7-14(8-6-13)34-21(26,27)28/h1-9,15H,10H2,(H,29,33). The van der Waals surface area contributed by atoms with E-state index < -0.39 is 41.7 Å². The summed E-state index contributed by atoms with van der Waals surface area (Å²) in [6.07, 6.45) is -9.52. The van der Waals surface area contributed by atoms with Gasteiger partial charge in [-0.25, -0.2) is 14.2 Å². The Labute approximate surface area is 196 Å². The van der Waals surface area contributed by atoms with E-state index in [4.69, 9.17) is 0 Å². The molecule has 0 bridgehead atoms. The Hall–Kier alpha value is -3.68. The smallest absolute Gasteiger partial charge is 0.406 e. The Balaban J connectivity index is 1.56. The minimum absolute atomic E-state index is 0.128. The van der Waals surface area contributed by atoms with Gasteiger partial charge in [0.1, 0.15) is 11.6 Å². The predicted molar refractivity (Wildman–Crippen MR) is 112 cm³/mol. The van der Waals surface area contributed by atoms with Gasteiger partial charge in [-0.2, -0.15) is 22.6 Å². The van der Waals surface area contributed by atoms with Crippen molar-refractivity contribution in [2.45, 2.75) is 18.5 Å². The number of halogens is 7. The third-order valence-electron chi connectivity index (χ3n) is 4.79. The maximum absolute atomic E-state index is 13.4. The van der Waals surface area contributed by atoms with Crippen LogP contribution in [0.3, 0.4) is 0 Å². The third-order valence-corrected chi connectivity index (χ3v) is 5.69. The molecule has 1 unspecified atom stereocenters. The van der Waals surface area contributed by atoms with Crippen LogP contribution in [0, 0.1) is 5.82 Å². The summed E-state index contributed by atoms with van der Waals surface area (Å²) >= 11 is 0.610. The quantitative estimate of drug-likeness (QED) is 0.416. The molecule has 3 aromatic rings. The number of anilines is 1. The molecule has 1 atom stereocenters. The van der Waals surface area contributed by atoms with E-state index in [0.29, 0.717) is 17.1 Å². The number of rotatable bonds is 4. The Morgan fingerprint density at radius 3 is 2.26 bits per heavy atom. The summed E-state index contributed by atoms with van der Waals surface area (Å²) in [6, 6.07) is 9.50. The van der Waals surface area contributed by atoms with Crippen molar-refractivity contribution in [3.05, 3.63) is 76.5 Å². The molecule has 6 nitrogen and oxygen atoms in total. The van der Waals surface area contributed by atoms with Crippen molar-refractivity contribution in [2.24, 2.45) is 5.10 Å². The van der Waals surface area contributed by atoms with E-state index in [1.807, 2.05) is 0 Å². The molecule has 0 fully saturated rings. The molecule has 0 radical (unpaired) electrons. The van der Waals surface area contributed by atoms with Gasteiger partial charge in [0, 0.05) is 10.6 Å². The van der Waals surface area contributed by atoms with Gasteiger partial charge in [-0.3, -0.25) is 0 Å². The molecule has 0 saturated carbocycles. The lowest BCUT2D eigenvalue weighted by Crippen LogP contribution is -2.30. The van der Waals surface area contributed by atoms with E-state index in [2.05, 4.69) is 19.5 Å². The van der Waals surface area contributed by atoms with E-state index in [-0.39, 0.29) is 22.8 Å². The average molecular weight is 518 g/mol. The maximum Gasteiger partial charge on any atom is 0.573 e. The summed E-state index contributed by atoms with van der Waals surface area (Å²) in [4.78, 5) is 12.9. The second-order valence-electron chi connectivity index (χ2n) is 7.24. The first-order valence-electron chi connectivity index (χ1n) is 9.71. The number of nitrogens with zero attached hydrogens (tertiary/aromatic N) is 3. The number of ether oxygens (including phenoxy) is 1. The lowest BCUT2D eigenvalue weighted by Gasteiger charge is -2.15. The zero-order chi connectivity index (χ0) is 25.4. The number of amides is 2. The van der Waals surface area contributed by atoms with Gasteiger partial charge in [0.25, 0.3) is 0 Å². The van der Waals surface area contributed by atoms with Gasteiger partial charge in [-0.1, -0.05) is 12.1 Å². The molecule has 35 heavy (non-hydrogen) atoms. The highest BCUT2D eigenvalue weighted by Crippen LogP contribution is 2.36. The van der Waals surface area contributed by atoms with Crippen LogP contribution in [0.2, 0.25) is 0 Å². The first-order chi connectivity index (χ1) is 16.4. The molecule has 0 spiro atoms. The van der Waals surface area contributed by atoms with Gasteiger partial charge in [0.2, 0.25) is 0 Å². The Kier molecular flexibility index (Phi) is 6.40. The molecule has 0 aliphatic carbocycles. The summed E-state index contributed by atoms with van der Waals surface area (Å²) in [5.41, 5.74) is -0.336. The minimum Gasteiger partial charge on any atom is -0.406 e. The van der Waals surface area contributed by atoms with Crippen LogP contribution in [0.1, 0.15) is 22.1 Å². The van der Waals surface area contributed by atoms with E-state index >= 15 is 0 Å². The van der Waals surface area contributed by atoms with Crippen molar-refractivity contribution < 1.29 is 40.3 Å². The second kappa shape index (κ2) is 9.17. The van der Waals surface area contributed by atoms with Crippen LogP contribution in [0.4, 0.5) is 41.2 Å². The van der Waals surface area contributed by atoms with E-state index in [1.54, 1.807) is 0 Å². The molecule has 1 N–H and O–H groups in total. The molecule has 1 aliphatic heterocycles. The van der Waals surface area contributed by atoms with Gasteiger partial charge in [0.05, 0.1) is 18.2 Å². The van der Waals surface area contributed by atoms with Gasteiger partial charge in [0.15, 0.2) is 5.69 Å². The number of hydrogen-bond donors (Lipinski definition) is 1. The molecule has 1 aliphatic rings. The Morgan fingerprint density at radius 2 is 1.69 bits per heavy atom. The maximum atomic E-state index is 13.4. The minimum atomic E-state index is -4.87. The molecular formula is C21H13F7N4O2S. The summed E-state index contributed by atoms with van der Waals surface area (Å²) in [5, 5.41) is 7.64. The SMILES string of the molecule is O=C(Nc1ccc(OC(F)(F)F)cc1)N1CC(c2cc(C(F)(F)F)ns2)C(c2ccc(F)cc2)=N1. The van der Waals surface area contributed by atoms with Gasteiger partial charge >= 0.3 is 18.6 Å². The van der Waals surface area contributed by atoms with Crippen molar-refractivity contribution in [3.8, 4) is 5.75 Å². The number of urea groups is 1. The van der Waals surface area contributed by atoms with Crippen LogP contribution >= 0.6 is 11.5 Å². The number of aromatic nitrogens is 1. The molecule has 2 heterocycles.